The Bertz CT molecular complexity index is 711. The first-order valence-corrected chi connectivity index (χ1v) is 11.4. The largest absolute Gasteiger partial charge is 0.480 e. The molecule has 0 fully saturated rings. The molecule has 1 aromatic carbocycles. The van der Waals surface area contributed by atoms with Gasteiger partial charge in [0.1, 0.15) is 12.8 Å². The number of nitrogens with one attached hydrogen (secondary N) is 1. The molecule has 0 aliphatic rings. The summed E-state index contributed by atoms with van der Waals surface area (Å²) in [5.74, 6) is -1.33. The molecule has 0 saturated heterocycles. The van der Waals surface area contributed by atoms with Crippen molar-refractivity contribution in [1.29, 1.82) is 0 Å². The van der Waals surface area contributed by atoms with Crippen LogP contribution in [0.25, 0.3) is 0 Å². The predicted octanol–water partition coefficient (Wildman–Crippen LogP) is 4.05. The van der Waals surface area contributed by atoms with Gasteiger partial charge < -0.3 is 15.2 Å². The molecule has 0 radical (unpaired) electrons. The molecular weight excluding hydrogens is 404 g/mol. The van der Waals surface area contributed by atoms with Crippen LogP contribution in [0.5, 0.6) is 0 Å². The van der Waals surface area contributed by atoms with Gasteiger partial charge in [-0.3, -0.25) is 13.9 Å². The Morgan fingerprint density at radius 1 is 1.20 bits per heavy atom. The minimum absolute atomic E-state index is 0.0543. The summed E-state index contributed by atoms with van der Waals surface area (Å²) < 4.78 is 7.67. The minimum Gasteiger partial charge on any atom is -0.480 e. The number of aliphatic carboxylic acids is 1. The Morgan fingerprint density at radius 2 is 1.93 bits per heavy atom. The van der Waals surface area contributed by atoms with Gasteiger partial charge in [0.15, 0.2) is 5.78 Å². The number of benzene rings is 1. The number of carbonyl (C=O) groups is 3. The number of carboxylic acid groups (broad SMARTS) is 1. The average Bonchev–Trinajstić information content (AvgIpc) is 2.71. The maximum Gasteiger partial charge on any atom is 0.327 e. The predicted molar refractivity (Wildman–Crippen MR) is 121 cm³/mol. The molecule has 168 valence electrons. The summed E-state index contributed by atoms with van der Waals surface area (Å²) in [6.45, 7) is 8.15. The van der Waals surface area contributed by atoms with Crippen LogP contribution in [-0.2, 0) is 20.7 Å². The monoisotopic (exact) mass is 438 g/mol. The second kappa shape index (κ2) is 14.0. The number of ketones is 1. The van der Waals surface area contributed by atoms with E-state index in [0.717, 1.165) is 36.9 Å². The summed E-state index contributed by atoms with van der Waals surface area (Å²) in [6.07, 6.45) is 3.84. The number of hydrogen-bond acceptors (Lipinski definition) is 6. The molecule has 0 aromatic heterocycles. The lowest BCUT2D eigenvalue weighted by atomic mass is 9.99. The number of ether oxygens (including phenoxy) is 1. The van der Waals surface area contributed by atoms with E-state index in [1.54, 1.807) is 0 Å². The van der Waals surface area contributed by atoms with Crippen molar-refractivity contribution in [3.63, 3.8) is 0 Å². The third-order valence-electron chi connectivity index (χ3n) is 4.45. The molecule has 8 heteroatoms. The Hall–Kier alpha value is -2.06. The van der Waals surface area contributed by atoms with Crippen molar-refractivity contribution in [2.45, 2.75) is 65.8 Å². The summed E-state index contributed by atoms with van der Waals surface area (Å²) in [7, 11) is 0. The molecule has 0 saturated carbocycles. The molecule has 0 heterocycles. The number of aryl methyl sites for hydroxylation is 1. The number of rotatable bonds is 15. The Kier molecular flexibility index (Phi) is 12.2. The lowest BCUT2D eigenvalue weighted by Crippen LogP contribution is -2.42. The molecule has 0 aliphatic heterocycles. The summed E-state index contributed by atoms with van der Waals surface area (Å²) in [5, 5.41) is 11.9. The van der Waals surface area contributed by atoms with E-state index in [0.29, 0.717) is 18.6 Å². The van der Waals surface area contributed by atoms with Crippen molar-refractivity contribution in [2.24, 2.45) is 0 Å². The number of para-hydroxylation sites is 1. The van der Waals surface area contributed by atoms with Crippen LogP contribution in [0.15, 0.2) is 18.2 Å². The first-order valence-electron chi connectivity index (χ1n) is 10.5. The fourth-order valence-electron chi connectivity index (χ4n) is 2.90. The molecule has 2 N–H and O–H groups in total. The van der Waals surface area contributed by atoms with Crippen LogP contribution in [0.4, 0.5) is 5.69 Å². The molecule has 1 atom stereocenters. The fraction of sp³-hybridized carbons (Fsp3) is 0.591. The number of amides is 1. The highest BCUT2D eigenvalue weighted by atomic mass is 32.2. The molecule has 0 bridgehead atoms. The lowest BCUT2D eigenvalue weighted by molar-refractivity contribution is -0.140. The molecule has 1 amide bonds. The minimum atomic E-state index is -1.10. The first kappa shape index (κ1) is 26.0. The molecule has 1 aromatic rings. The van der Waals surface area contributed by atoms with Crippen LogP contribution < -0.4 is 9.62 Å². The number of anilines is 1. The van der Waals surface area contributed by atoms with Crippen LogP contribution in [-0.4, -0.2) is 47.9 Å². The zero-order valence-corrected chi connectivity index (χ0v) is 19.2. The van der Waals surface area contributed by atoms with E-state index in [1.807, 2.05) is 36.4 Å². The van der Waals surface area contributed by atoms with Gasteiger partial charge in [0.25, 0.3) is 0 Å². The average molecular weight is 439 g/mol. The first-order chi connectivity index (χ1) is 14.3. The van der Waals surface area contributed by atoms with Gasteiger partial charge in [-0.15, -0.1) is 0 Å². The van der Waals surface area contributed by atoms with Crippen molar-refractivity contribution < 1.29 is 24.2 Å². The van der Waals surface area contributed by atoms with Crippen molar-refractivity contribution in [1.82, 2.24) is 5.32 Å². The van der Waals surface area contributed by atoms with Gasteiger partial charge >= 0.3 is 5.97 Å². The summed E-state index contributed by atoms with van der Waals surface area (Å²) >= 11 is 1.25. The number of unbranched alkanes of at least 4 members (excludes halogenated alkanes) is 1. The second-order valence-electron chi connectivity index (χ2n) is 7.00. The van der Waals surface area contributed by atoms with Gasteiger partial charge in [-0.05, 0) is 42.8 Å². The van der Waals surface area contributed by atoms with Crippen molar-refractivity contribution in [3.05, 3.63) is 29.3 Å². The van der Waals surface area contributed by atoms with E-state index in [1.165, 1.54) is 18.9 Å². The molecule has 0 aliphatic carbocycles. The van der Waals surface area contributed by atoms with Gasteiger partial charge in [-0.25, -0.2) is 4.79 Å². The van der Waals surface area contributed by atoms with Crippen LogP contribution in [0.2, 0.25) is 0 Å². The van der Waals surface area contributed by atoms with Crippen molar-refractivity contribution in [3.8, 4) is 0 Å². The topological polar surface area (TPSA) is 95.9 Å². The number of carboxylic acids is 1. The van der Waals surface area contributed by atoms with E-state index < -0.39 is 17.9 Å². The number of carbonyl (C=O) groups excluding carboxylic acids is 2. The molecule has 1 rings (SSSR count). The quantitative estimate of drug-likeness (QED) is 0.185. The molecule has 7 nitrogen and oxygen atoms in total. The zero-order valence-electron chi connectivity index (χ0n) is 18.4. The van der Waals surface area contributed by atoms with Crippen LogP contribution >= 0.6 is 11.9 Å². The fourth-order valence-corrected chi connectivity index (χ4v) is 3.95. The van der Waals surface area contributed by atoms with Gasteiger partial charge in [0.05, 0.1) is 5.69 Å². The Balaban J connectivity index is 3.21. The number of Topliss-reactive ketones (excluding diaryl/α,β-unsaturated/α-hetero) is 1. The van der Waals surface area contributed by atoms with Gasteiger partial charge in [0.2, 0.25) is 5.91 Å². The van der Waals surface area contributed by atoms with E-state index in [9.17, 15) is 19.5 Å². The van der Waals surface area contributed by atoms with Crippen molar-refractivity contribution in [2.75, 3.05) is 23.4 Å². The van der Waals surface area contributed by atoms with Gasteiger partial charge in [-0.2, -0.15) is 0 Å². The number of nitrogens with zero attached hydrogens (tertiary/aromatic N) is 1. The van der Waals surface area contributed by atoms with Crippen LogP contribution in [0, 0.1) is 0 Å². The summed E-state index contributed by atoms with van der Waals surface area (Å²) in [6, 6.07) is 4.63. The molecule has 1 unspecified atom stereocenters. The highest BCUT2D eigenvalue weighted by Gasteiger charge is 2.24. The van der Waals surface area contributed by atoms with Crippen molar-refractivity contribution >= 4 is 35.3 Å². The van der Waals surface area contributed by atoms with Gasteiger partial charge in [-0.1, -0.05) is 39.3 Å². The molecule has 30 heavy (non-hydrogen) atoms. The van der Waals surface area contributed by atoms with E-state index >= 15 is 0 Å². The molecular formula is C22H34N2O5S. The smallest absolute Gasteiger partial charge is 0.327 e. The Labute approximate surface area is 183 Å². The van der Waals surface area contributed by atoms with Crippen LogP contribution in [0.1, 0.15) is 69.3 Å². The SMILES string of the molecule is CCCCOCN(SCC(NC(C)=O)C(=O)O)c1c(CC)cccc1C(=O)CCC. The normalized spacial score (nSPS) is 11.7. The standard InChI is InChI=1S/C22H34N2O5S/c1-5-8-13-29-15-24(30-14-19(22(27)28)23-16(4)25)21-17(7-3)11-9-12-18(21)20(26)10-6-2/h9,11-12,19H,5-8,10,13-15H2,1-4H3,(H,23,25)(H,27,28). The second-order valence-corrected chi connectivity index (χ2v) is 8.03. The summed E-state index contributed by atoms with van der Waals surface area (Å²) in [4.78, 5) is 35.7. The van der Waals surface area contributed by atoms with Gasteiger partial charge in [0, 0.05) is 31.3 Å². The van der Waals surface area contributed by atoms with E-state index in [4.69, 9.17) is 4.74 Å². The lowest BCUT2D eigenvalue weighted by Gasteiger charge is -2.28. The molecule has 0 spiro atoms. The maximum absolute atomic E-state index is 12.8. The highest BCUT2D eigenvalue weighted by Crippen LogP contribution is 2.32. The van der Waals surface area contributed by atoms with E-state index in [2.05, 4.69) is 12.2 Å². The zero-order chi connectivity index (χ0) is 22.5. The third-order valence-corrected chi connectivity index (χ3v) is 5.53. The summed E-state index contributed by atoms with van der Waals surface area (Å²) in [5.41, 5.74) is 2.39. The maximum atomic E-state index is 12.8. The third kappa shape index (κ3) is 8.36. The number of hydrogen-bond donors (Lipinski definition) is 2. The Morgan fingerprint density at radius 3 is 2.50 bits per heavy atom. The van der Waals surface area contributed by atoms with E-state index in [-0.39, 0.29) is 18.3 Å². The van der Waals surface area contributed by atoms with Crippen LogP contribution in [0.3, 0.4) is 0 Å². The highest BCUT2D eigenvalue weighted by molar-refractivity contribution is 8.00.